The van der Waals surface area contributed by atoms with E-state index in [1.54, 1.807) is 0 Å². The zero-order valence-corrected chi connectivity index (χ0v) is 12.5. The normalized spacial score (nSPS) is 27.5. The van der Waals surface area contributed by atoms with Gasteiger partial charge in [0.1, 0.15) is 0 Å². The molecule has 2 heterocycles. The number of hydrogen-bond donors (Lipinski definition) is 1. The highest BCUT2D eigenvalue weighted by atomic mass is 16.2. The van der Waals surface area contributed by atoms with Gasteiger partial charge in [-0.1, -0.05) is 13.3 Å². The lowest BCUT2D eigenvalue weighted by atomic mass is 9.90. The number of carbonyl (C=O) groups excluding carboxylic acids is 1. The van der Waals surface area contributed by atoms with Gasteiger partial charge in [0.05, 0.1) is 11.6 Å². The molecule has 0 aliphatic carbocycles. The van der Waals surface area contributed by atoms with Crippen molar-refractivity contribution in [1.82, 2.24) is 15.1 Å². The number of nitriles is 1. The first kappa shape index (κ1) is 15.3. The summed E-state index contributed by atoms with van der Waals surface area (Å²) in [5.41, 5.74) is -0.288. The summed E-state index contributed by atoms with van der Waals surface area (Å²) in [6.45, 7) is 7.35. The van der Waals surface area contributed by atoms with Gasteiger partial charge in [-0.05, 0) is 25.8 Å². The maximum absolute atomic E-state index is 12.8. The van der Waals surface area contributed by atoms with Crippen LogP contribution in [0.1, 0.15) is 39.0 Å². The van der Waals surface area contributed by atoms with Gasteiger partial charge >= 0.3 is 0 Å². The fourth-order valence-corrected chi connectivity index (χ4v) is 3.42. The Balaban J connectivity index is 1.89. The van der Waals surface area contributed by atoms with Crippen LogP contribution >= 0.6 is 0 Å². The molecule has 0 aromatic rings. The summed E-state index contributed by atoms with van der Waals surface area (Å²) in [6.07, 6.45) is 4.65. The molecule has 2 rings (SSSR count). The Kier molecular flexibility index (Phi) is 5.38. The van der Waals surface area contributed by atoms with Crippen LogP contribution in [0, 0.1) is 11.3 Å². The molecule has 0 saturated carbocycles. The highest BCUT2D eigenvalue weighted by Gasteiger charge is 2.42. The molecule has 0 aromatic heterocycles. The Labute approximate surface area is 121 Å². The van der Waals surface area contributed by atoms with E-state index in [0.29, 0.717) is 12.3 Å². The van der Waals surface area contributed by atoms with Gasteiger partial charge in [0.25, 0.3) is 0 Å². The van der Waals surface area contributed by atoms with Crippen LogP contribution in [-0.4, -0.2) is 60.5 Å². The summed E-state index contributed by atoms with van der Waals surface area (Å²) in [5.74, 6) is 0.303. The van der Waals surface area contributed by atoms with Crippen LogP contribution in [0.5, 0.6) is 0 Å². The smallest absolute Gasteiger partial charge is 0.242 e. The van der Waals surface area contributed by atoms with Crippen LogP contribution in [0.15, 0.2) is 0 Å². The Morgan fingerprint density at radius 1 is 1.35 bits per heavy atom. The molecule has 1 atom stereocenters. The molecule has 0 radical (unpaired) electrons. The summed E-state index contributed by atoms with van der Waals surface area (Å²) >= 11 is 0. The topological polar surface area (TPSA) is 59.4 Å². The standard InChI is InChI=1S/C15H26N4O/c1-2-5-15(6-3-8-17-15)14(20)19-12-10-18(11-13-19)9-4-7-16/h17H,2-6,8-13H2,1H3. The van der Waals surface area contributed by atoms with Gasteiger partial charge in [-0.15, -0.1) is 0 Å². The van der Waals surface area contributed by atoms with Crippen LogP contribution in [0.25, 0.3) is 0 Å². The molecule has 2 aliphatic rings. The Hall–Kier alpha value is -1.12. The quantitative estimate of drug-likeness (QED) is 0.814. The van der Waals surface area contributed by atoms with Crippen LogP contribution in [0.3, 0.4) is 0 Å². The van der Waals surface area contributed by atoms with E-state index in [4.69, 9.17) is 5.26 Å². The van der Waals surface area contributed by atoms with Crippen molar-refractivity contribution >= 4 is 5.91 Å². The minimum atomic E-state index is -0.288. The van der Waals surface area contributed by atoms with Crippen molar-refractivity contribution in [3.05, 3.63) is 0 Å². The number of piperazine rings is 1. The first-order chi connectivity index (χ1) is 9.72. The first-order valence-corrected chi connectivity index (χ1v) is 7.85. The molecule has 1 N–H and O–H groups in total. The zero-order valence-electron chi connectivity index (χ0n) is 12.5. The molecule has 2 saturated heterocycles. The molecule has 112 valence electrons. The first-order valence-electron chi connectivity index (χ1n) is 7.85. The molecular weight excluding hydrogens is 252 g/mol. The highest BCUT2D eigenvalue weighted by Crippen LogP contribution is 2.27. The van der Waals surface area contributed by atoms with E-state index in [0.717, 1.165) is 65.0 Å². The molecule has 20 heavy (non-hydrogen) atoms. The van der Waals surface area contributed by atoms with Crippen LogP contribution in [0.4, 0.5) is 0 Å². The summed E-state index contributed by atoms with van der Waals surface area (Å²) in [4.78, 5) is 17.1. The van der Waals surface area contributed by atoms with Gasteiger partial charge in [0.2, 0.25) is 5.91 Å². The van der Waals surface area contributed by atoms with Gasteiger partial charge < -0.3 is 10.2 Å². The average molecular weight is 278 g/mol. The second-order valence-corrected chi connectivity index (χ2v) is 5.90. The van der Waals surface area contributed by atoms with E-state index < -0.39 is 0 Å². The highest BCUT2D eigenvalue weighted by molar-refractivity contribution is 5.87. The van der Waals surface area contributed by atoms with E-state index in [-0.39, 0.29) is 5.54 Å². The van der Waals surface area contributed by atoms with E-state index in [1.807, 2.05) is 4.90 Å². The van der Waals surface area contributed by atoms with Crippen molar-refractivity contribution < 1.29 is 4.79 Å². The summed E-state index contributed by atoms with van der Waals surface area (Å²) in [5, 5.41) is 12.1. The van der Waals surface area contributed by atoms with Crippen LogP contribution in [-0.2, 0) is 4.79 Å². The third kappa shape index (κ3) is 3.31. The lowest BCUT2D eigenvalue weighted by Gasteiger charge is -2.39. The van der Waals surface area contributed by atoms with Crippen molar-refractivity contribution in [2.24, 2.45) is 0 Å². The van der Waals surface area contributed by atoms with Gasteiger partial charge in [-0.2, -0.15) is 5.26 Å². The number of carbonyl (C=O) groups is 1. The number of nitrogens with one attached hydrogen (secondary N) is 1. The van der Waals surface area contributed by atoms with Crippen molar-refractivity contribution in [2.45, 2.75) is 44.6 Å². The number of nitrogens with zero attached hydrogens (tertiary/aromatic N) is 3. The Morgan fingerprint density at radius 2 is 2.10 bits per heavy atom. The number of hydrogen-bond acceptors (Lipinski definition) is 4. The third-order valence-electron chi connectivity index (χ3n) is 4.53. The Morgan fingerprint density at radius 3 is 2.65 bits per heavy atom. The lowest BCUT2D eigenvalue weighted by molar-refractivity contribution is -0.140. The van der Waals surface area contributed by atoms with Crippen molar-refractivity contribution in [2.75, 3.05) is 39.3 Å². The molecule has 5 heteroatoms. The van der Waals surface area contributed by atoms with Crippen LogP contribution < -0.4 is 5.32 Å². The van der Waals surface area contributed by atoms with E-state index >= 15 is 0 Å². The minimum absolute atomic E-state index is 0.288. The van der Waals surface area contributed by atoms with Crippen molar-refractivity contribution in [3.63, 3.8) is 0 Å². The summed E-state index contributed by atoms with van der Waals surface area (Å²) in [7, 11) is 0. The minimum Gasteiger partial charge on any atom is -0.339 e. The molecule has 2 aliphatic heterocycles. The van der Waals surface area contributed by atoms with E-state index in [9.17, 15) is 4.79 Å². The fourth-order valence-electron chi connectivity index (χ4n) is 3.42. The number of rotatable bonds is 5. The maximum atomic E-state index is 12.8. The molecule has 0 spiro atoms. The van der Waals surface area contributed by atoms with E-state index in [2.05, 4.69) is 23.2 Å². The largest absolute Gasteiger partial charge is 0.339 e. The van der Waals surface area contributed by atoms with Gasteiger partial charge in [0, 0.05) is 39.1 Å². The third-order valence-corrected chi connectivity index (χ3v) is 4.53. The van der Waals surface area contributed by atoms with Crippen LogP contribution in [0.2, 0.25) is 0 Å². The fraction of sp³-hybridized carbons (Fsp3) is 0.867. The zero-order chi connectivity index (χ0) is 14.4. The lowest BCUT2D eigenvalue weighted by Crippen LogP contribution is -2.59. The maximum Gasteiger partial charge on any atom is 0.242 e. The molecule has 1 amide bonds. The summed E-state index contributed by atoms with van der Waals surface area (Å²) in [6, 6.07) is 2.18. The second-order valence-electron chi connectivity index (χ2n) is 5.90. The molecule has 1 unspecified atom stereocenters. The van der Waals surface area contributed by atoms with Gasteiger partial charge in [-0.25, -0.2) is 0 Å². The van der Waals surface area contributed by atoms with Gasteiger partial charge in [-0.3, -0.25) is 9.69 Å². The molecule has 0 bridgehead atoms. The molecule has 5 nitrogen and oxygen atoms in total. The molecule has 0 aromatic carbocycles. The molecule has 2 fully saturated rings. The second kappa shape index (κ2) is 7.05. The van der Waals surface area contributed by atoms with Crippen molar-refractivity contribution in [3.8, 4) is 6.07 Å². The van der Waals surface area contributed by atoms with Gasteiger partial charge in [0.15, 0.2) is 0 Å². The summed E-state index contributed by atoms with van der Waals surface area (Å²) < 4.78 is 0. The van der Waals surface area contributed by atoms with E-state index in [1.165, 1.54) is 0 Å². The predicted octanol–water partition coefficient (Wildman–Crippen LogP) is 0.967. The number of amides is 1. The SMILES string of the molecule is CCCC1(C(=O)N2CCN(CCC#N)CC2)CCCN1. The Bertz CT molecular complexity index is 363. The predicted molar refractivity (Wildman–Crippen MR) is 78.1 cm³/mol. The molecular formula is C15H26N4O. The monoisotopic (exact) mass is 278 g/mol. The average Bonchev–Trinajstić information content (AvgIpc) is 2.95. The van der Waals surface area contributed by atoms with Crippen molar-refractivity contribution in [1.29, 1.82) is 5.26 Å².